The molecule has 0 aliphatic carbocycles. The Labute approximate surface area is 188 Å². The second kappa shape index (κ2) is 8.86. The maximum absolute atomic E-state index is 12.0. The molecule has 1 N–H and O–H groups in total. The van der Waals surface area contributed by atoms with E-state index < -0.39 is 5.97 Å². The van der Waals surface area contributed by atoms with E-state index in [1.54, 1.807) is 17.9 Å². The number of methoxy groups -OCH3 is 1. The molecule has 0 spiro atoms. The summed E-state index contributed by atoms with van der Waals surface area (Å²) in [6.45, 7) is 10.6. The zero-order valence-electron chi connectivity index (χ0n) is 19.4. The van der Waals surface area contributed by atoms with Crippen LogP contribution in [0, 0.1) is 19.8 Å². The number of fused-ring (bicyclic) bond motifs is 1. The second-order valence-electron chi connectivity index (χ2n) is 8.98. The zero-order valence-corrected chi connectivity index (χ0v) is 19.4. The summed E-state index contributed by atoms with van der Waals surface area (Å²) in [5, 5.41) is 15.7. The summed E-state index contributed by atoms with van der Waals surface area (Å²) in [6.07, 6.45) is 2.02. The third-order valence-electron chi connectivity index (χ3n) is 6.08. The molecule has 170 valence electrons. The molecule has 8 nitrogen and oxygen atoms in total. The largest absolute Gasteiger partial charge is 0.477 e. The van der Waals surface area contributed by atoms with E-state index in [0.717, 1.165) is 66.4 Å². The molecule has 1 aliphatic heterocycles. The van der Waals surface area contributed by atoms with Crippen molar-refractivity contribution >= 4 is 22.7 Å². The summed E-state index contributed by atoms with van der Waals surface area (Å²) in [4.78, 5) is 23.3. The van der Waals surface area contributed by atoms with Gasteiger partial charge in [0, 0.05) is 38.2 Å². The first-order valence-electron chi connectivity index (χ1n) is 11.1. The highest BCUT2D eigenvalue weighted by atomic mass is 16.5. The van der Waals surface area contributed by atoms with Crippen molar-refractivity contribution in [3.8, 4) is 5.69 Å². The number of aromatic nitrogens is 4. The molecular formula is C24H31N5O3. The Morgan fingerprint density at radius 2 is 1.81 bits per heavy atom. The van der Waals surface area contributed by atoms with Crippen molar-refractivity contribution in [1.82, 2.24) is 19.7 Å². The molecule has 0 saturated carbocycles. The lowest BCUT2D eigenvalue weighted by Crippen LogP contribution is -2.35. The molecule has 1 fully saturated rings. The van der Waals surface area contributed by atoms with Crippen LogP contribution < -0.4 is 4.90 Å². The van der Waals surface area contributed by atoms with Crippen LogP contribution in [-0.4, -0.2) is 57.6 Å². The Morgan fingerprint density at radius 3 is 2.38 bits per heavy atom. The fourth-order valence-corrected chi connectivity index (χ4v) is 4.58. The van der Waals surface area contributed by atoms with Crippen LogP contribution >= 0.6 is 0 Å². The van der Waals surface area contributed by atoms with Gasteiger partial charge in [0.05, 0.1) is 22.5 Å². The van der Waals surface area contributed by atoms with Crippen LogP contribution in [0.3, 0.4) is 0 Å². The molecule has 0 unspecified atom stereocenters. The average molecular weight is 438 g/mol. The maximum atomic E-state index is 12.0. The van der Waals surface area contributed by atoms with Gasteiger partial charge in [-0.3, -0.25) is 4.98 Å². The van der Waals surface area contributed by atoms with Crippen molar-refractivity contribution < 1.29 is 14.6 Å². The predicted octanol–water partition coefficient (Wildman–Crippen LogP) is 4.12. The van der Waals surface area contributed by atoms with Crippen molar-refractivity contribution in [3.63, 3.8) is 0 Å². The molecule has 3 aromatic rings. The summed E-state index contributed by atoms with van der Waals surface area (Å²) in [6, 6.07) is 5.62. The Kier molecular flexibility index (Phi) is 6.15. The van der Waals surface area contributed by atoms with Gasteiger partial charge in [0.25, 0.3) is 0 Å². The molecule has 0 bridgehead atoms. The molecule has 0 amide bonds. The minimum atomic E-state index is -1.04. The number of anilines is 1. The van der Waals surface area contributed by atoms with Crippen LogP contribution in [-0.2, 0) is 4.74 Å². The third-order valence-corrected chi connectivity index (χ3v) is 6.08. The monoisotopic (exact) mass is 437 g/mol. The van der Waals surface area contributed by atoms with Gasteiger partial charge in [-0.25, -0.2) is 14.5 Å². The molecule has 3 aromatic heterocycles. The average Bonchev–Trinajstić information content (AvgIpc) is 3.13. The Bertz CT molecular complexity index is 1130. The summed E-state index contributed by atoms with van der Waals surface area (Å²) in [5.41, 5.74) is 5.03. The van der Waals surface area contributed by atoms with Crippen LogP contribution in [0.4, 0.5) is 5.69 Å². The highest BCUT2D eigenvalue weighted by Gasteiger charge is 2.27. The lowest BCUT2D eigenvalue weighted by Gasteiger charge is -2.34. The van der Waals surface area contributed by atoms with Gasteiger partial charge < -0.3 is 14.7 Å². The number of nitrogens with zero attached hydrogens (tertiary/aromatic N) is 5. The SMILES string of the molecule is COCC1CCN(c2cc(C(=O)O)nc3c2c(C(C)C)nn3-c2cc(C)nc(C)c2)CC1. The number of hydrogen-bond donors (Lipinski definition) is 1. The molecule has 1 saturated heterocycles. The third kappa shape index (κ3) is 4.19. The molecule has 1 aliphatic rings. The molecule has 4 rings (SSSR count). The summed E-state index contributed by atoms with van der Waals surface area (Å²) < 4.78 is 7.12. The zero-order chi connectivity index (χ0) is 23.0. The molecule has 0 atom stereocenters. The first kappa shape index (κ1) is 22.2. The van der Waals surface area contributed by atoms with Crippen LogP contribution in [0.1, 0.15) is 60.2 Å². The van der Waals surface area contributed by atoms with Crippen molar-refractivity contribution in [3.05, 3.63) is 41.0 Å². The van der Waals surface area contributed by atoms with Crippen LogP contribution in [0.15, 0.2) is 18.2 Å². The van der Waals surface area contributed by atoms with Crippen molar-refractivity contribution in [2.75, 3.05) is 31.7 Å². The van der Waals surface area contributed by atoms with E-state index in [1.165, 1.54) is 0 Å². The summed E-state index contributed by atoms with van der Waals surface area (Å²) >= 11 is 0. The first-order valence-corrected chi connectivity index (χ1v) is 11.1. The lowest BCUT2D eigenvalue weighted by atomic mass is 9.96. The van der Waals surface area contributed by atoms with Gasteiger partial charge in [-0.1, -0.05) is 13.8 Å². The Balaban J connectivity index is 1.92. The summed E-state index contributed by atoms with van der Waals surface area (Å²) in [7, 11) is 1.74. The van der Waals surface area contributed by atoms with E-state index in [9.17, 15) is 9.90 Å². The van der Waals surface area contributed by atoms with E-state index in [-0.39, 0.29) is 11.6 Å². The molecule has 8 heteroatoms. The standard InChI is InChI=1S/C24H31N5O3/c1-14(2)22-21-20(28-8-6-17(7-9-28)13-32-5)12-19(24(30)31)26-23(21)29(27-22)18-10-15(3)25-16(4)11-18/h10-12,14,17H,6-9,13H2,1-5H3,(H,30,31). The van der Waals surface area contributed by atoms with Crippen molar-refractivity contribution in [2.45, 2.75) is 46.5 Å². The van der Waals surface area contributed by atoms with Crippen molar-refractivity contribution in [2.24, 2.45) is 5.92 Å². The van der Waals surface area contributed by atoms with Crippen LogP contribution in [0.25, 0.3) is 16.7 Å². The quantitative estimate of drug-likeness (QED) is 0.620. The van der Waals surface area contributed by atoms with Crippen molar-refractivity contribution in [1.29, 1.82) is 0 Å². The molecular weight excluding hydrogens is 406 g/mol. The number of carboxylic acid groups (broad SMARTS) is 1. The summed E-state index contributed by atoms with van der Waals surface area (Å²) in [5.74, 6) is -0.351. The topological polar surface area (TPSA) is 93.4 Å². The molecule has 4 heterocycles. The number of carbonyl (C=O) groups is 1. The number of pyridine rings is 2. The molecule has 0 radical (unpaired) electrons. The first-order chi connectivity index (χ1) is 15.3. The number of aromatic carboxylic acids is 1. The fraction of sp³-hybridized carbons (Fsp3) is 0.500. The van der Waals surface area contributed by atoms with E-state index in [4.69, 9.17) is 9.84 Å². The highest BCUT2D eigenvalue weighted by molar-refractivity contribution is 5.98. The molecule has 32 heavy (non-hydrogen) atoms. The maximum Gasteiger partial charge on any atom is 0.354 e. The number of ether oxygens (including phenoxy) is 1. The minimum absolute atomic E-state index is 0.0328. The van der Waals surface area contributed by atoms with Crippen LogP contribution in [0.5, 0.6) is 0 Å². The number of aryl methyl sites for hydroxylation is 2. The smallest absolute Gasteiger partial charge is 0.354 e. The number of piperidine rings is 1. The number of rotatable bonds is 6. The second-order valence-corrected chi connectivity index (χ2v) is 8.98. The van der Waals surface area contributed by atoms with Gasteiger partial charge in [-0.2, -0.15) is 5.10 Å². The van der Waals surface area contributed by atoms with Gasteiger partial charge in [0.15, 0.2) is 11.3 Å². The normalized spacial score (nSPS) is 15.1. The van der Waals surface area contributed by atoms with Gasteiger partial charge in [0.1, 0.15) is 0 Å². The Morgan fingerprint density at radius 1 is 1.16 bits per heavy atom. The fourth-order valence-electron chi connectivity index (χ4n) is 4.58. The highest BCUT2D eigenvalue weighted by Crippen LogP contribution is 2.36. The number of carboxylic acids is 1. The van der Waals surface area contributed by atoms with Gasteiger partial charge >= 0.3 is 5.97 Å². The predicted molar refractivity (Wildman–Crippen MR) is 124 cm³/mol. The lowest BCUT2D eigenvalue weighted by molar-refractivity contribution is 0.0691. The van der Waals surface area contributed by atoms with E-state index in [2.05, 4.69) is 28.7 Å². The van der Waals surface area contributed by atoms with E-state index in [0.29, 0.717) is 11.6 Å². The number of hydrogen-bond acceptors (Lipinski definition) is 6. The van der Waals surface area contributed by atoms with Gasteiger partial charge in [-0.15, -0.1) is 0 Å². The Hall–Kier alpha value is -3.00. The van der Waals surface area contributed by atoms with Gasteiger partial charge in [-0.05, 0) is 56.7 Å². The minimum Gasteiger partial charge on any atom is -0.477 e. The van der Waals surface area contributed by atoms with E-state index >= 15 is 0 Å². The van der Waals surface area contributed by atoms with E-state index in [1.807, 2.05) is 26.0 Å². The molecule has 0 aromatic carbocycles. The van der Waals surface area contributed by atoms with Gasteiger partial charge in [0.2, 0.25) is 0 Å². The van der Waals surface area contributed by atoms with Crippen LogP contribution in [0.2, 0.25) is 0 Å².